The molecular weight excluding hydrogens is 332 g/mol. The highest BCUT2D eigenvalue weighted by Crippen LogP contribution is 2.22. The molecule has 1 saturated heterocycles. The molecule has 0 aliphatic carbocycles. The Morgan fingerprint density at radius 3 is 2.50 bits per heavy atom. The van der Waals surface area contributed by atoms with Gasteiger partial charge in [-0.15, -0.1) is 0 Å². The minimum atomic E-state index is -0.411. The van der Waals surface area contributed by atoms with Crippen LogP contribution in [0.4, 0.5) is 5.69 Å². The van der Waals surface area contributed by atoms with E-state index in [-0.39, 0.29) is 10.9 Å². The number of benzene rings is 1. The van der Waals surface area contributed by atoms with Crippen molar-refractivity contribution < 1.29 is 9.53 Å². The third kappa shape index (κ3) is 3.21. The Balaban J connectivity index is 1.67. The Kier molecular flexibility index (Phi) is 4.71. The fourth-order valence-electron chi connectivity index (χ4n) is 2.66. The maximum Gasteiger partial charge on any atom is 0.285 e. The lowest BCUT2D eigenvalue weighted by Gasteiger charge is -2.36. The number of amides is 1. The van der Waals surface area contributed by atoms with Crippen molar-refractivity contribution in [3.8, 4) is 5.75 Å². The van der Waals surface area contributed by atoms with E-state index < -0.39 is 5.56 Å². The Morgan fingerprint density at radius 2 is 1.88 bits per heavy atom. The number of halogens is 1. The Labute approximate surface area is 143 Å². The van der Waals surface area contributed by atoms with Crippen molar-refractivity contribution >= 4 is 23.2 Å². The number of H-pyrrole nitrogens is 1. The zero-order chi connectivity index (χ0) is 17.1. The van der Waals surface area contributed by atoms with Crippen LogP contribution in [0.3, 0.4) is 0 Å². The highest BCUT2D eigenvalue weighted by atomic mass is 35.5. The van der Waals surface area contributed by atoms with Gasteiger partial charge in [-0.1, -0.05) is 11.6 Å². The normalized spacial score (nSPS) is 14.6. The molecular formula is C16H17ClN4O3. The minimum Gasteiger partial charge on any atom is -0.497 e. The number of nitrogens with zero attached hydrogens (tertiary/aromatic N) is 3. The molecule has 24 heavy (non-hydrogen) atoms. The molecule has 2 aromatic rings. The summed E-state index contributed by atoms with van der Waals surface area (Å²) in [4.78, 5) is 27.8. The summed E-state index contributed by atoms with van der Waals surface area (Å²) < 4.78 is 5.10. The maximum atomic E-state index is 12.5. The largest absolute Gasteiger partial charge is 0.497 e. The highest BCUT2D eigenvalue weighted by Gasteiger charge is 2.24. The molecule has 1 aliphatic rings. The number of hydrogen-bond acceptors (Lipinski definition) is 5. The molecule has 0 radical (unpaired) electrons. The first-order valence-corrected chi connectivity index (χ1v) is 7.89. The summed E-state index contributed by atoms with van der Waals surface area (Å²) in [6, 6.07) is 7.05. The van der Waals surface area contributed by atoms with Crippen LogP contribution in [0.1, 0.15) is 10.4 Å². The van der Waals surface area contributed by atoms with Gasteiger partial charge >= 0.3 is 0 Å². The van der Waals surface area contributed by atoms with Gasteiger partial charge < -0.3 is 14.5 Å². The molecule has 0 unspecified atom stereocenters. The van der Waals surface area contributed by atoms with Gasteiger partial charge in [0.15, 0.2) is 0 Å². The number of anilines is 1. The average molecular weight is 349 g/mol. The molecule has 1 aliphatic heterocycles. The van der Waals surface area contributed by atoms with Gasteiger partial charge in [-0.25, -0.2) is 5.10 Å². The van der Waals surface area contributed by atoms with Gasteiger partial charge in [-0.2, -0.15) is 5.10 Å². The molecule has 0 spiro atoms. The van der Waals surface area contributed by atoms with Crippen molar-refractivity contribution in [1.82, 2.24) is 15.1 Å². The molecule has 8 heteroatoms. The Bertz CT molecular complexity index is 783. The molecule has 126 valence electrons. The van der Waals surface area contributed by atoms with Crippen LogP contribution in [0.2, 0.25) is 5.02 Å². The Hall–Kier alpha value is -2.54. The smallest absolute Gasteiger partial charge is 0.285 e. The van der Waals surface area contributed by atoms with Gasteiger partial charge in [0, 0.05) is 31.7 Å². The summed E-state index contributed by atoms with van der Waals surface area (Å²) >= 11 is 6.03. The minimum absolute atomic E-state index is 0.0209. The number of piperazine rings is 1. The van der Waals surface area contributed by atoms with Crippen LogP contribution in [-0.4, -0.2) is 54.3 Å². The molecule has 0 saturated carbocycles. The van der Waals surface area contributed by atoms with Crippen molar-refractivity contribution in [3.63, 3.8) is 0 Å². The molecule has 0 bridgehead atoms. The van der Waals surface area contributed by atoms with E-state index in [1.54, 1.807) is 36.3 Å². The molecule has 3 rings (SSSR count). The lowest BCUT2D eigenvalue weighted by molar-refractivity contribution is 0.0746. The number of aromatic nitrogens is 2. The number of nitrogens with one attached hydrogen (secondary N) is 1. The molecule has 1 aromatic heterocycles. The van der Waals surface area contributed by atoms with Crippen molar-refractivity contribution in [2.24, 2.45) is 0 Å². The number of carbonyl (C=O) groups is 1. The molecule has 1 fully saturated rings. The first-order valence-electron chi connectivity index (χ1n) is 7.51. The summed E-state index contributed by atoms with van der Waals surface area (Å²) in [6.45, 7) is 2.28. The number of methoxy groups -OCH3 is 1. The van der Waals surface area contributed by atoms with Crippen LogP contribution in [-0.2, 0) is 0 Å². The van der Waals surface area contributed by atoms with Gasteiger partial charge in [-0.3, -0.25) is 9.59 Å². The second kappa shape index (κ2) is 6.92. The summed E-state index contributed by atoms with van der Waals surface area (Å²) in [5.41, 5.74) is 0.808. The molecule has 1 aromatic carbocycles. The maximum absolute atomic E-state index is 12.5. The zero-order valence-corrected chi connectivity index (χ0v) is 13.9. The van der Waals surface area contributed by atoms with Crippen LogP contribution in [0.15, 0.2) is 35.3 Å². The van der Waals surface area contributed by atoms with Crippen LogP contribution in [0, 0.1) is 0 Å². The predicted molar refractivity (Wildman–Crippen MR) is 91.0 cm³/mol. The monoisotopic (exact) mass is 348 g/mol. The van der Waals surface area contributed by atoms with Gasteiger partial charge in [-0.05, 0) is 24.3 Å². The second-order valence-electron chi connectivity index (χ2n) is 5.41. The van der Waals surface area contributed by atoms with Crippen LogP contribution >= 0.6 is 11.6 Å². The lowest BCUT2D eigenvalue weighted by Crippen LogP contribution is -2.49. The number of aromatic amines is 1. The molecule has 2 heterocycles. The standard InChI is InChI=1S/C16H17ClN4O3/c1-24-12-4-2-11(3-5-12)16(23)21-8-6-20(7-9-21)13-10-18-19-15(22)14(13)17/h2-5,10H,6-9H2,1H3,(H,19,22). The van der Waals surface area contributed by atoms with Gasteiger partial charge in [0.25, 0.3) is 11.5 Å². The van der Waals surface area contributed by atoms with Crippen molar-refractivity contribution in [1.29, 1.82) is 0 Å². The quantitative estimate of drug-likeness (QED) is 0.907. The van der Waals surface area contributed by atoms with Gasteiger partial charge in [0.2, 0.25) is 0 Å². The van der Waals surface area contributed by atoms with Gasteiger partial charge in [0.1, 0.15) is 10.8 Å². The zero-order valence-electron chi connectivity index (χ0n) is 13.2. The van der Waals surface area contributed by atoms with E-state index in [1.807, 2.05) is 4.90 Å². The van der Waals surface area contributed by atoms with E-state index in [0.29, 0.717) is 43.2 Å². The SMILES string of the molecule is COc1ccc(C(=O)N2CCN(c3cn[nH]c(=O)c3Cl)CC2)cc1. The lowest BCUT2D eigenvalue weighted by atomic mass is 10.1. The van der Waals surface area contributed by atoms with E-state index in [0.717, 1.165) is 0 Å². The van der Waals surface area contributed by atoms with Crippen molar-refractivity contribution in [2.75, 3.05) is 38.2 Å². The van der Waals surface area contributed by atoms with E-state index in [4.69, 9.17) is 16.3 Å². The van der Waals surface area contributed by atoms with Crippen LogP contribution in [0.25, 0.3) is 0 Å². The summed E-state index contributed by atoms with van der Waals surface area (Å²) in [5, 5.41) is 6.21. The van der Waals surface area contributed by atoms with Gasteiger partial charge in [0.05, 0.1) is 19.0 Å². The van der Waals surface area contributed by atoms with Crippen LogP contribution < -0.4 is 15.2 Å². The molecule has 7 nitrogen and oxygen atoms in total. The number of hydrogen-bond donors (Lipinski definition) is 1. The predicted octanol–water partition coefficient (Wildman–Crippen LogP) is 1.39. The summed E-state index contributed by atoms with van der Waals surface area (Å²) in [6.07, 6.45) is 1.53. The van der Waals surface area contributed by atoms with E-state index in [2.05, 4.69) is 10.2 Å². The van der Waals surface area contributed by atoms with Crippen molar-refractivity contribution in [3.05, 3.63) is 51.4 Å². The average Bonchev–Trinajstić information content (AvgIpc) is 2.64. The topological polar surface area (TPSA) is 78.5 Å². The number of carbonyl (C=O) groups excluding carboxylic acids is 1. The molecule has 1 N–H and O–H groups in total. The summed E-state index contributed by atoms with van der Waals surface area (Å²) in [5.74, 6) is 0.695. The fraction of sp³-hybridized carbons (Fsp3) is 0.312. The number of ether oxygens (including phenoxy) is 1. The number of rotatable bonds is 3. The van der Waals surface area contributed by atoms with E-state index >= 15 is 0 Å². The van der Waals surface area contributed by atoms with Crippen molar-refractivity contribution in [2.45, 2.75) is 0 Å². The third-order valence-corrected chi connectivity index (χ3v) is 4.39. The molecule has 0 atom stereocenters. The highest BCUT2D eigenvalue weighted by molar-refractivity contribution is 6.33. The first kappa shape index (κ1) is 16.3. The molecule has 1 amide bonds. The second-order valence-corrected chi connectivity index (χ2v) is 5.78. The third-order valence-electron chi connectivity index (χ3n) is 4.02. The van der Waals surface area contributed by atoms with E-state index in [1.165, 1.54) is 6.20 Å². The van der Waals surface area contributed by atoms with Crippen LogP contribution in [0.5, 0.6) is 5.75 Å². The summed E-state index contributed by atoms with van der Waals surface area (Å²) in [7, 11) is 1.59. The Morgan fingerprint density at radius 1 is 1.21 bits per heavy atom. The first-order chi connectivity index (χ1) is 11.6. The van der Waals surface area contributed by atoms with E-state index in [9.17, 15) is 9.59 Å². The fourth-order valence-corrected chi connectivity index (χ4v) is 2.87.